The lowest BCUT2D eigenvalue weighted by atomic mass is 9.83. The number of halogens is 1. The number of aromatic hydroxyl groups is 1. The van der Waals surface area contributed by atoms with Gasteiger partial charge in [-0.3, -0.25) is 9.69 Å². The molecule has 6 nitrogen and oxygen atoms in total. The lowest BCUT2D eigenvalue weighted by molar-refractivity contribution is 0.113. The molecule has 3 aromatic rings. The van der Waals surface area contributed by atoms with Crippen molar-refractivity contribution < 1.29 is 9.52 Å². The van der Waals surface area contributed by atoms with Crippen LogP contribution in [0.3, 0.4) is 0 Å². The smallest absolute Gasteiger partial charge is 0.339 e. The van der Waals surface area contributed by atoms with E-state index in [0.717, 1.165) is 61.0 Å². The SMILES string of the molecule is O=c1oc2c(CN3C[C@H]4C[C@@H](C3)c3cccc(=O)n3C4)c(O)c(Cl)cc2c2c1CCC2. The molecule has 1 N–H and O–H groups in total. The third-order valence-corrected chi connectivity index (χ3v) is 7.51. The molecule has 31 heavy (non-hydrogen) atoms. The molecule has 0 radical (unpaired) electrons. The summed E-state index contributed by atoms with van der Waals surface area (Å²) in [5.74, 6) is 0.628. The number of rotatable bonds is 2. The molecule has 1 aliphatic carbocycles. The van der Waals surface area contributed by atoms with Crippen LogP contribution in [0.2, 0.25) is 5.02 Å². The molecule has 7 heteroatoms. The van der Waals surface area contributed by atoms with Crippen LogP contribution >= 0.6 is 11.6 Å². The van der Waals surface area contributed by atoms with Crippen LogP contribution in [-0.2, 0) is 25.9 Å². The van der Waals surface area contributed by atoms with Crippen molar-refractivity contribution in [2.75, 3.05) is 13.1 Å². The largest absolute Gasteiger partial charge is 0.506 e. The van der Waals surface area contributed by atoms with Crippen LogP contribution in [0.15, 0.2) is 38.3 Å². The fraction of sp³-hybridized carbons (Fsp3) is 0.417. The Kier molecular flexibility index (Phi) is 4.30. The van der Waals surface area contributed by atoms with Gasteiger partial charge in [-0.05, 0) is 49.3 Å². The maximum Gasteiger partial charge on any atom is 0.339 e. The van der Waals surface area contributed by atoms with Crippen LogP contribution in [0.5, 0.6) is 5.75 Å². The Morgan fingerprint density at radius 1 is 1.13 bits per heavy atom. The van der Waals surface area contributed by atoms with Gasteiger partial charge < -0.3 is 14.1 Å². The summed E-state index contributed by atoms with van der Waals surface area (Å²) in [6.45, 7) is 2.77. The van der Waals surface area contributed by atoms with Crippen LogP contribution in [-0.4, -0.2) is 27.7 Å². The van der Waals surface area contributed by atoms with E-state index in [0.29, 0.717) is 35.2 Å². The standard InChI is InChI=1S/C24H23ClN2O4/c25-19-8-17-15-3-1-4-16(15)24(30)31-23(17)18(22(19)29)12-26-9-13-7-14(11-26)20-5-2-6-21(28)27(20)10-13/h2,5-6,8,13-14,29H,1,3-4,7,9-12H2/t13-,14+/m1/s1. The molecule has 1 saturated heterocycles. The number of likely N-dealkylation sites (tertiary alicyclic amines) is 1. The van der Waals surface area contributed by atoms with E-state index in [1.807, 2.05) is 16.7 Å². The Labute approximate surface area is 183 Å². The van der Waals surface area contributed by atoms with Crippen molar-refractivity contribution in [3.63, 3.8) is 0 Å². The fourth-order valence-corrected chi connectivity index (χ4v) is 6.15. The van der Waals surface area contributed by atoms with E-state index < -0.39 is 0 Å². The highest BCUT2D eigenvalue weighted by Crippen LogP contribution is 2.41. The van der Waals surface area contributed by atoms with Crippen LogP contribution in [0.4, 0.5) is 0 Å². The second-order valence-corrected chi connectivity index (χ2v) is 9.56. The predicted molar refractivity (Wildman–Crippen MR) is 118 cm³/mol. The van der Waals surface area contributed by atoms with Gasteiger partial charge in [-0.15, -0.1) is 0 Å². The highest BCUT2D eigenvalue weighted by Gasteiger charge is 2.35. The molecule has 2 atom stereocenters. The van der Waals surface area contributed by atoms with Crippen LogP contribution in [0.25, 0.3) is 11.0 Å². The van der Waals surface area contributed by atoms with Crippen LogP contribution in [0.1, 0.15) is 41.1 Å². The second kappa shape index (κ2) is 6.97. The first-order valence-corrected chi connectivity index (χ1v) is 11.3. The number of hydrogen-bond acceptors (Lipinski definition) is 5. The van der Waals surface area contributed by atoms with Gasteiger partial charge in [-0.1, -0.05) is 17.7 Å². The highest BCUT2D eigenvalue weighted by atomic mass is 35.5. The topological polar surface area (TPSA) is 75.7 Å². The lowest BCUT2D eigenvalue weighted by Gasteiger charge is -2.42. The molecule has 4 heterocycles. The average Bonchev–Trinajstić information content (AvgIpc) is 3.24. The van der Waals surface area contributed by atoms with Gasteiger partial charge in [0.25, 0.3) is 5.56 Å². The van der Waals surface area contributed by atoms with E-state index >= 15 is 0 Å². The van der Waals surface area contributed by atoms with Crippen LogP contribution in [0, 0.1) is 5.92 Å². The van der Waals surface area contributed by atoms with Gasteiger partial charge in [0.2, 0.25) is 0 Å². The molecule has 2 bridgehead atoms. The van der Waals surface area contributed by atoms with E-state index in [1.54, 1.807) is 12.1 Å². The molecule has 160 valence electrons. The van der Waals surface area contributed by atoms with Gasteiger partial charge in [0, 0.05) is 54.8 Å². The first-order valence-electron chi connectivity index (χ1n) is 10.9. The van der Waals surface area contributed by atoms with Crippen molar-refractivity contribution in [1.82, 2.24) is 9.47 Å². The van der Waals surface area contributed by atoms with Gasteiger partial charge in [-0.25, -0.2) is 4.79 Å². The average molecular weight is 439 g/mol. The number of aryl methyl sites for hydroxylation is 1. The Balaban J connectivity index is 1.41. The number of hydrogen-bond donors (Lipinski definition) is 1. The summed E-state index contributed by atoms with van der Waals surface area (Å²) in [5, 5.41) is 11.9. The normalized spacial score (nSPS) is 22.5. The summed E-state index contributed by atoms with van der Waals surface area (Å²) < 4.78 is 7.64. The first-order chi connectivity index (χ1) is 15.0. The summed E-state index contributed by atoms with van der Waals surface area (Å²) in [4.78, 5) is 27.1. The van der Waals surface area contributed by atoms with Crippen molar-refractivity contribution in [3.8, 4) is 5.75 Å². The molecule has 6 rings (SSSR count). The fourth-order valence-electron chi connectivity index (χ4n) is 5.93. The van der Waals surface area contributed by atoms with Gasteiger partial charge >= 0.3 is 5.63 Å². The second-order valence-electron chi connectivity index (χ2n) is 9.15. The zero-order valence-corrected chi connectivity index (χ0v) is 17.8. The number of pyridine rings is 1. The minimum absolute atomic E-state index is 0.0115. The Morgan fingerprint density at radius 2 is 1.97 bits per heavy atom. The number of aromatic nitrogens is 1. The summed E-state index contributed by atoms with van der Waals surface area (Å²) in [7, 11) is 0. The van der Waals surface area contributed by atoms with Gasteiger partial charge in [0.15, 0.2) is 0 Å². The number of piperidine rings is 1. The summed E-state index contributed by atoms with van der Waals surface area (Å²) >= 11 is 6.41. The van der Waals surface area contributed by atoms with Crippen LogP contribution < -0.4 is 11.2 Å². The third-order valence-electron chi connectivity index (χ3n) is 7.22. The Morgan fingerprint density at radius 3 is 2.84 bits per heavy atom. The van der Waals surface area contributed by atoms with E-state index in [9.17, 15) is 14.7 Å². The molecular weight excluding hydrogens is 416 g/mol. The van der Waals surface area contributed by atoms with Gasteiger partial charge in [0.1, 0.15) is 11.3 Å². The Hall–Kier alpha value is -2.57. The maximum absolute atomic E-state index is 12.6. The molecule has 2 aliphatic heterocycles. The van der Waals surface area contributed by atoms with E-state index in [-0.39, 0.29) is 22.9 Å². The third kappa shape index (κ3) is 2.96. The molecule has 1 aromatic carbocycles. The Bertz CT molecular complexity index is 1340. The lowest BCUT2D eigenvalue weighted by Crippen LogP contribution is -2.46. The quantitative estimate of drug-likeness (QED) is 0.620. The zero-order valence-electron chi connectivity index (χ0n) is 17.1. The van der Waals surface area contributed by atoms with E-state index in [2.05, 4.69) is 4.90 Å². The molecule has 3 aliphatic rings. The summed E-state index contributed by atoms with van der Waals surface area (Å²) in [6, 6.07) is 7.23. The molecule has 0 unspecified atom stereocenters. The van der Waals surface area contributed by atoms with Crippen molar-refractivity contribution in [1.29, 1.82) is 0 Å². The highest BCUT2D eigenvalue weighted by molar-refractivity contribution is 6.33. The number of phenolic OH excluding ortho intramolecular Hbond substituents is 1. The molecule has 0 saturated carbocycles. The van der Waals surface area contributed by atoms with Crippen molar-refractivity contribution in [3.05, 3.63) is 72.4 Å². The molecular formula is C24H23ClN2O4. The summed E-state index contributed by atoms with van der Waals surface area (Å²) in [6.07, 6.45) is 3.55. The van der Waals surface area contributed by atoms with Crippen molar-refractivity contribution in [2.24, 2.45) is 5.92 Å². The monoisotopic (exact) mass is 438 g/mol. The number of fused-ring (bicyclic) bond motifs is 7. The molecule has 0 spiro atoms. The molecule has 2 aromatic heterocycles. The van der Waals surface area contributed by atoms with Gasteiger partial charge in [-0.2, -0.15) is 0 Å². The number of benzene rings is 1. The minimum atomic E-state index is -0.299. The van der Waals surface area contributed by atoms with Crippen molar-refractivity contribution >= 4 is 22.6 Å². The van der Waals surface area contributed by atoms with Gasteiger partial charge in [0.05, 0.1) is 10.6 Å². The van der Waals surface area contributed by atoms with E-state index in [1.165, 1.54) is 0 Å². The molecule has 1 fully saturated rings. The number of phenols is 1. The predicted octanol–water partition coefficient (Wildman–Crippen LogP) is 3.42. The van der Waals surface area contributed by atoms with Crippen molar-refractivity contribution in [2.45, 2.75) is 44.7 Å². The minimum Gasteiger partial charge on any atom is -0.506 e. The zero-order chi connectivity index (χ0) is 21.3. The first kappa shape index (κ1) is 19.1. The molecule has 0 amide bonds. The maximum atomic E-state index is 12.6. The number of nitrogens with zero attached hydrogens (tertiary/aromatic N) is 2. The summed E-state index contributed by atoms with van der Waals surface area (Å²) in [5.41, 5.74) is 3.65. The van der Waals surface area contributed by atoms with E-state index in [4.69, 9.17) is 16.0 Å².